The maximum absolute atomic E-state index is 12.1. The van der Waals surface area contributed by atoms with Crippen molar-refractivity contribution < 1.29 is 19.4 Å². The van der Waals surface area contributed by atoms with Gasteiger partial charge in [0.05, 0.1) is 17.8 Å². The maximum Gasteiger partial charge on any atom is 0.339 e. The predicted molar refractivity (Wildman–Crippen MR) is 84.9 cm³/mol. The van der Waals surface area contributed by atoms with E-state index in [1.165, 1.54) is 30.6 Å². The second-order valence-corrected chi connectivity index (χ2v) is 6.07. The molecule has 1 aromatic carbocycles. The van der Waals surface area contributed by atoms with Crippen LogP contribution in [-0.4, -0.2) is 24.1 Å². The second kappa shape index (κ2) is 6.46. The van der Waals surface area contributed by atoms with E-state index in [9.17, 15) is 9.59 Å². The highest BCUT2D eigenvalue weighted by Crippen LogP contribution is 2.32. The number of hydrogen-bond donors (Lipinski definition) is 2. The van der Waals surface area contributed by atoms with Crippen molar-refractivity contribution in [3.05, 3.63) is 43.5 Å². The number of carboxylic acids is 1. The first-order valence-electron chi connectivity index (χ1n) is 5.59. The van der Waals surface area contributed by atoms with Crippen LogP contribution >= 0.6 is 38.9 Å². The number of amides is 1. The van der Waals surface area contributed by atoms with Crippen LogP contribution in [0.5, 0.6) is 5.75 Å². The molecule has 2 aromatic rings. The van der Waals surface area contributed by atoms with Crippen LogP contribution in [0.3, 0.4) is 0 Å². The van der Waals surface area contributed by atoms with Gasteiger partial charge in [-0.3, -0.25) is 4.79 Å². The molecule has 0 fully saturated rings. The van der Waals surface area contributed by atoms with Gasteiger partial charge >= 0.3 is 5.97 Å². The van der Waals surface area contributed by atoms with Crippen LogP contribution in [0.1, 0.15) is 20.0 Å². The Kier molecular flexibility index (Phi) is 4.87. The summed E-state index contributed by atoms with van der Waals surface area (Å²) in [5.41, 5.74) is 0.210. The minimum absolute atomic E-state index is 0.0715. The Labute approximate surface area is 137 Å². The Morgan fingerprint density at radius 1 is 1.43 bits per heavy atom. The Balaban J connectivity index is 2.35. The zero-order valence-electron chi connectivity index (χ0n) is 10.6. The van der Waals surface area contributed by atoms with Crippen LogP contribution in [0.25, 0.3) is 0 Å². The highest BCUT2D eigenvalue weighted by Gasteiger charge is 2.18. The number of aromatic carboxylic acids is 1. The summed E-state index contributed by atoms with van der Waals surface area (Å²) < 4.78 is 5.68. The monoisotopic (exact) mass is 389 g/mol. The Bertz CT molecular complexity index is 716. The molecule has 0 radical (unpaired) electrons. The molecule has 0 unspecified atom stereocenters. The fourth-order valence-corrected chi connectivity index (χ4v) is 3.28. The van der Waals surface area contributed by atoms with Gasteiger partial charge in [0.1, 0.15) is 16.2 Å². The molecule has 1 aromatic heterocycles. The largest absolute Gasteiger partial charge is 0.496 e. The Morgan fingerprint density at radius 2 is 2.14 bits per heavy atom. The van der Waals surface area contributed by atoms with Crippen molar-refractivity contribution in [1.29, 1.82) is 0 Å². The van der Waals surface area contributed by atoms with Gasteiger partial charge in [-0.15, -0.1) is 11.3 Å². The van der Waals surface area contributed by atoms with E-state index in [0.717, 1.165) is 0 Å². The summed E-state index contributed by atoms with van der Waals surface area (Å²) in [7, 11) is 1.34. The van der Waals surface area contributed by atoms with Crippen LogP contribution in [0.2, 0.25) is 5.02 Å². The number of rotatable bonds is 4. The molecule has 0 spiro atoms. The number of benzene rings is 1. The molecule has 1 heterocycles. The number of carboxylic acid groups (broad SMARTS) is 1. The molecule has 110 valence electrons. The standard InChI is InChI=1S/C13H9BrClNO4S/c1-20-10-5-9(8(15)4-6(10)13(18)19)16-12(17)11-7(14)2-3-21-11/h2-5H,1H3,(H,16,17)(H,18,19). The van der Waals surface area contributed by atoms with Gasteiger partial charge in [-0.1, -0.05) is 11.6 Å². The number of carbonyl (C=O) groups excluding carboxylic acids is 1. The van der Waals surface area contributed by atoms with Gasteiger partial charge in [-0.2, -0.15) is 0 Å². The first-order valence-corrected chi connectivity index (χ1v) is 7.64. The zero-order valence-corrected chi connectivity index (χ0v) is 13.8. The molecule has 0 aliphatic rings. The molecule has 0 saturated carbocycles. The number of nitrogens with one attached hydrogen (secondary N) is 1. The van der Waals surface area contributed by atoms with Gasteiger partial charge in [-0.25, -0.2) is 4.79 Å². The summed E-state index contributed by atoms with van der Waals surface area (Å²) in [5, 5.41) is 13.6. The number of anilines is 1. The predicted octanol–water partition coefficient (Wildman–Crippen LogP) is 4.12. The third kappa shape index (κ3) is 3.37. The lowest BCUT2D eigenvalue weighted by Crippen LogP contribution is -2.12. The van der Waals surface area contributed by atoms with Crippen molar-refractivity contribution in [1.82, 2.24) is 0 Å². The number of methoxy groups -OCH3 is 1. The Morgan fingerprint density at radius 3 is 2.67 bits per heavy atom. The normalized spacial score (nSPS) is 10.2. The van der Waals surface area contributed by atoms with Crippen molar-refractivity contribution in [3.63, 3.8) is 0 Å². The number of thiophene rings is 1. The second-order valence-electron chi connectivity index (χ2n) is 3.89. The smallest absolute Gasteiger partial charge is 0.339 e. The maximum atomic E-state index is 12.1. The van der Waals surface area contributed by atoms with Crippen LogP contribution < -0.4 is 10.1 Å². The highest BCUT2D eigenvalue weighted by atomic mass is 79.9. The summed E-state index contributed by atoms with van der Waals surface area (Å²) >= 11 is 10.6. The average Bonchev–Trinajstić information content (AvgIpc) is 2.86. The van der Waals surface area contributed by atoms with Crippen LogP contribution in [0.15, 0.2) is 28.1 Å². The van der Waals surface area contributed by atoms with Gasteiger partial charge < -0.3 is 15.2 Å². The molecule has 5 nitrogen and oxygen atoms in total. The third-order valence-corrected chi connectivity index (χ3v) is 4.74. The molecule has 2 N–H and O–H groups in total. The van der Waals surface area contributed by atoms with Crippen molar-refractivity contribution in [2.45, 2.75) is 0 Å². The van der Waals surface area contributed by atoms with Gasteiger partial charge in [0.2, 0.25) is 0 Å². The molecule has 1 amide bonds. The van der Waals surface area contributed by atoms with Crippen molar-refractivity contribution in [2.75, 3.05) is 12.4 Å². The summed E-state index contributed by atoms with van der Waals surface area (Å²) in [5.74, 6) is -1.39. The van der Waals surface area contributed by atoms with Gasteiger partial charge in [-0.05, 0) is 33.4 Å². The zero-order chi connectivity index (χ0) is 15.6. The number of halogens is 2. The van der Waals surface area contributed by atoms with Crippen molar-refractivity contribution >= 4 is 56.4 Å². The topological polar surface area (TPSA) is 75.6 Å². The first-order chi connectivity index (χ1) is 9.93. The minimum atomic E-state index is -1.16. The Hall–Kier alpha value is -1.57. The number of hydrogen-bond acceptors (Lipinski definition) is 4. The van der Waals surface area contributed by atoms with Crippen molar-refractivity contribution in [3.8, 4) is 5.75 Å². The average molecular weight is 391 g/mol. The molecule has 2 rings (SSSR count). The number of carbonyl (C=O) groups is 2. The van der Waals surface area contributed by atoms with E-state index in [0.29, 0.717) is 9.35 Å². The van der Waals surface area contributed by atoms with E-state index in [-0.39, 0.29) is 27.9 Å². The lowest BCUT2D eigenvalue weighted by atomic mass is 10.1. The first kappa shape index (κ1) is 15.8. The van der Waals surface area contributed by atoms with E-state index >= 15 is 0 Å². The summed E-state index contributed by atoms with van der Waals surface area (Å²) in [6.07, 6.45) is 0. The molecule has 21 heavy (non-hydrogen) atoms. The molecule has 0 atom stereocenters. The van der Waals surface area contributed by atoms with Gasteiger partial charge in [0.15, 0.2) is 0 Å². The molecular weight excluding hydrogens is 382 g/mol. The van der Waals surface area contributed by atoms with Crippen LogP contribution in [0, 0.1) is 0 Å². The SMILES string of the molecule is COc1cc(NC(=O)c2sccc2Br)c(Cl)cc1C(=O)O. The molecule has 0 aliphatic heterocycles. The van der Waals surface area contributed by atoms with Crippen LogP contribution in [-0.2, 0) is 0 Å². The summed E-state index contributed by atoms with van der Waals surface area (Å²) in [6, 6.07) is 4.38. The fraction of sp³-hybridized carbons (Fsp3) is 0.0769. The van der Waals surface area contributed by atoms with E-state index in [2.05, 4.69) is 21.2 Å². The molecule has 0 bridgehead atoms. The molecular formula is C13H9BrClNO4S. The summed E-state index contributed by atoms with van der Waals surface area (Å²) in [6.45, 7) is 0. The lowest BCUT2D eigenvalue weighted by Gasteiger charge is -2.11. The van der Waals surface area contributed by atoms with E-state index in [4.69, 9.17) is 21.4 Å². The minimum Gasteiger partial charge on any atom is -0.496 e. The molecule has 8 heteroatoms. The lowest BCUT2D eigenvalue weighted by molar-refractivity contribution is 0.0693. The van der Waals surface area contributed by atoms with Crippen LogP contribution in [0.4, 0.5) is 5.69 Å². The highest BCUT2D eigenvalue weighted by molar-refractivity contribution is 9.10. The summed E-state index contributed by atoms with van der Waals surface area (Å²) in [4.78, 5) is 23.7. The van der Waals surface area contributed by atoms with E-state index in [1.807, 2.05) is 0 Å². The van der Waals surface area contributed by atoms with E-state index in [1.54, 1.807) is 11.4 Å². The van der Waals surface area contributed by atoms with Gasteiger partial charge in [0.25, 0.3) is 5.91 Å². The van der Waals surface area contributed by atoms with E-state index < -0.39 is 5.97 Å². The van der Waals surface area contributed by atoms with Crippen molar-refractivity contribution in [2.24, 2.45) is 0 Å². The quantitative estimate of drug-likeness (QED) is 0.823. The molecule has 0 saturated heterocycles. The van der Waals surface area contributed by atoms with Gasteiger partial charge in [0, 0.05) is 10.5 Å². The number of ether oxygens (including phenoxy) is 1. The third-order valence-electron chi connectivity index (χ3n) is 2.59. The fourth-order valence-electron chi connectivity index (χ4n) is 1.62. The molecule has 0 aliphatic carbocycles.